The molecule has 2 rings (SSSR count). The van der Waals surface area contributed by atoms with Gasteiger partial charge in [-0.2, -0.15) is 0 Å². The first-order valence-corrected chi connectivity index (χ1v) is 14.7. The lowest BCUT2D eigenvalue weighted by Crippen LogP contribution is -2.64. The van der Waals surface area contributed by atoms with Crippen molar-refractivity contribution in [3.8, 4) is 0 Å². The number of nitrogens with two attached hydrogens (primary N) is 4. The number of nitrogens with zero attached hydrogens (tertiary/aromatic N) is 1. The topological polar surface area (TPSA) is 393 Å². The number of rotatable bonds is 10. The number of hydrogen-bond donors (Lipinski definition) is 15. The van der Waals surface area contributed by atoms with Gasteiger partial charge in [-0.05, 0) is 19.4 Å². The standard InChI is InChI=1S/C25H43N13O10.ClH/c26-3-1-2-10(27)4-16(41)32-12-6-30-23(47)18(11-5-17(42)37-24(28)36-11)38-20(44)13(7-31-25(29)48)33-21(45)14(8-39)35-22(46)15(9-40)34-19(12)43;/h7,10-12,14-15,17-18,39-40,42H,1-6,8-9,26-27H2,(H,30,47)(H,32,41)(H,33,45)(H,34,43)(H,35,46)(H,38,44)(H3,28,36,37)(H3,29,31,48);1H/b13-7-;/t10-,11+,12-,14-,15-,17-,18-;/m0./s1. The van der Waals surface area contributed by atoms with Crippen LogP contribution in [-0.2, 0) is 28.8 Å². The number of halogens is 1. The summed E-state index contributed by atoms with van der Waals surface area (Å²) in [5, 5.41) is 47.9. The minimum absolute atomic E-state index is 0. The molecule has 2 heterocycles. The number of carbonyl (C=O) groups is 7. The molecule has 0 unspecified atom stereocenters. The summed E-state index contributed by atoms with van der Waals surface area (Å²) in [6.07, 6.45) is -0.339. The second-order valence-corrected chi connectivity index (χ2v) is 10.7. The first kappa shape index (κ1) is 42.2. The maximum absolute atomic E-state index is 13.6. The van der Waals surface area contributed by atoms with E-state index in [-0.39, 0.29) is 31.2 Å². The van der Waals surface area contributed by atoms with E-state index in [1.807, 2.05) is 5.32 Å². The number of nitrogens with one attached hydrogen (secondary N) is 8. The first-order chi connectivity index (χ1) is 22.7. The number of carbonyl (C=O) groups excluding carboxylic acids is 7. The second-order valence-electron chi connectivity index (χ2n) is 10.7. The van der Waals surface area contributed by atoms with E-state index in [0.717, 1.165) is 0 Å². The van der Waals surface area contributed by atoms with Crippen molar-refractivity contribution < 1.29 is 48.9 Å². The SMILES string of the molecule is Cl.NCCC[C@H](N)CC(=O)N[C@H]1CNC(=O)[C@H]([C@H]2C[C@H](O)N=C(N)N2)NC(=O)/C(=C/NC(N)=O)NC(=O)[C@H](CO)NC(=O)[C@H](CO)NC1=O. The number of guanidine groups is 1. The quantitative estimate of drug-likeness (QED) is 0.0932. The molecule has 2 aliphatic rings. The highest BCUT2D eigenvalue weighted by Gasteiger charge is 2.37. The van der Waals surface area contributed by atoms with Gasteiger partial charge in [0.25, 0.3) is 5.91 Å². The Kier molecular flexibility index (Phi) is 17.7. The molecule has 23 nitrogen and oxygen atoms in total. The van der Waals surface area contributed by atoms with E-state index >= 15 is 0 Å². The van der Waals surface area contributed by atoms with Gasteiger partial charge < -0.3 is 80.8 Å². The minimum atomic E-state index is -1.78. The summed E-state index contributed by atoms with van der Waals surface area (Å²) in [4.78, 5) is 94.0. The summed E-state index contributed by atoms with van der Waals surface area (Å²) >= 11 is 0. The van der Waals surface area contributed by atoms with Crippen LogP contribution in [0.2, 0.25) is 0 Å². The third-order valence-electron chi connectivity index (χ3n) is 6.91. The molecule has 8 amide bonds. The molecule has 0 saturated carbocycles. The number of primary amides is 1. The Hall–Kier alpha value is -4.81. The number of aliphatic hydroxyl groups is 3. The average Bonchev–Trinajstić information content (AvgIpc) is 3.02. The molecule has 0 aromatic carbocycles. The summed E-state index contributed by atoms with van der Waals surface area (Å²) in [6, 6.07) is -9.66. The zero-order chi connectivity index (χ0) is 36.0. The third kappa shape index (κ3) is 13.7. The maximum atomic E-state index is 13.6. The summed E-state index contributed by atoms with van der Waals surface area (Å²) < 4.78 is 0. The van der Waals surface area contributed by atoms with E-state index in [9.17, 15) is 48.9 Å². The minimum Gasteiger partial charge on any atom is -0.394 e. The Morgan fingerprint density at radius 3 is 2.20 bits per heavy atom. The zero-order valence-corrected chi connectivity index (χ0v) is 27.0. The lowest BCUT2D eigenvalue weighted by molar-refractivity contribution is -0.135. The van der Waals surface area contributed by atoms with Crippen LogP contribution < -0.4 is 65.5 Å². The molecule has 1 saturated heterocycles. The zero-order valence-electron chi connectivity index (χ0n) is 26.1. The van der Waals surface area contributed by atoms with Crippen LogP contribution in [-0.4, -0.2) is 132 Å². The van der Waals surface area contributed by atoms with Gasteiger partial charge in [0.2, 0.25) is 29.5 Å². The summed E-state index contributed by atoms with van der Waals surface area (Å²) in [5.74, 6) is -6.65. The van der Waals surface area contributed by atoms with Gasteiger partial charge in [-0.25, -0.2) is 9.79 Å². The fraction of sp³-hybridized carbons (Fsp3) is 0.600. The van der Waals surface area contributed by atoms with Crippen molar-refractivity contribution >= 4 is 59.8 Å². The molecule has 7 atom stereocenters. The van der Waals surface area contributed by atoms with E-state index in [1.54, 1.807) is 0 Å². The van der Waals surface area contributed by atoms with Crippen molar-refractivity contribution in [2.45, 2.75) is 68.2 Å². The Balaban J connectivity index is 0.0000120. The van der Waals surface area contributed by atoms with Crippen LogP contribution in [0.5, 0.6) is 0 Å². The van der Waals surface area contributed by atoms with Gasteiger partial charge in [-0.1, -0.05) is 0 Å². The average molecular weight is 722 g/mol. The monoisotopic (exact) mass is 721 g/mol. The van der Waals surface area contributed by atoms with E-state index < -0.39 is 109 Å². The number of aliphatic imine (C=N–C) groups is 1. The summed E-state index contributed by atoms with van der Waals surface area (Å²) in [6.45, 7) is -2.36. The molecule has 49 heavy (non-hydrogen) atoms. The number of urea groups is 1. The highest BCUT2D eigenvalue weighted by molar-refractivity contribution is 6.02. The van der Waals surface area contributed by atoms with E-state index in [2.05, 4.69) is 42.2 Å². The predicted octanol–water partition coefficient (Wildman–Crippen LogP) is -8.46. The smallest absolute Gasteiger partial charge is 0.316 e. The van der Waals surface area contributed by atoms with Gasteiger partial charge in [-0.15, -0.1) is 12.4 Å². The molecule has 24 heteroatoms. The largest absolute Gasteiger partial charge is 0.394 e. The van der Waals surface area contributed by atoms with Crippen molar-refractivity contribution in [3.63, 3.8) is 0 Å². The summed E-state index contributed by atoms with van der Waals surface area (Å²) in [5.41, 5.74) is 21.5. The molecule has 0 radical (unpaired) electrons. The Labute approximate surface area is 285 Å². The molecule has 2 aliphatic heterocycles. The number of aliphatic hydroxyl groups excluding tert-OH is 3. The molecule has 1 fully saturated rings. The van der Waals surface area contributed by atoms with Crippen LogP contribution in [0.3, 0.4) is 0 Å². The van der Waals surface area contributed by atoms with Gasteiger partial charge in [0.05, 0.1) is 19.3 Å². The first-order valence-electron chi connectivity index (χ1n) is 14.7. The molecule has 0 bridgehead atoms. The lowest BCUT2D eigenvalue weighted by atomic mass is 10.0. The fourth-order valence-corrected chi connectivity index (χ4v) is 4.46. The summed E-state index contributed by atoms with van der Waals surface area (Å²) in [7, 11) is 0. The van der Waals surface area contributed by atoms with Crippen molar-refractivity contribution in [1.29, 1.82) is 0 Å². The van der Waals surface area contributed by atoms with Gasteiger partial charge >= 0.3 is 6.03 Å². The number of amides is 8. The van der Waals surface area contributed by atoms with Crippen molar-refractivity contribution in [1.82, 2.24) is 42.5 Å². The van der Waals surface area contributed by atoms with Crippen LogP contribution in [0.25, 0.3) is 0 Å². The molecule has 0 aromatic heterocycles. The fourth-order valence-electron chi connectivity index (χ4n) is 4.46. The van der Waals surface area contributed by atoms with Crippen LogP contribution in [0.4, 0.5) is 4.79 Å². The highest BCUT2D eigenvalue weighted by atomic mass is 35.5. The molecule has 276 valence electrons. The normalized spacial score (nSPS) is 27.0. The van der Waals surface area contributed by atoms with Crippen LogP contribution in [0, 0.1) is 0 Å². The van der Waals surface area contributed by atoms with Crippen molar-refractivity contribution in [3.05, 3.63) is 11.9 Å². The molecular formula is C25H44ClN13O10. The van der Waals surface area contributed by atoms with Crippen molar-refractivity contribution in [2.24, 2.45) is 27.9 Å². The molecule has 0 spiro atoms. The Morgan fingerprint density at radius 1 is 0.980 bits per heavy atom. The van der Waals surface area contributed by atoms with Gasteiger partial charge in [0, 0.05) is 31.6 Å². The van der Waals surface area contributed by atoms with E-state index in [4.69, 9.17) is 22.9 Å². The van der Waals surface area contributed by atoms with E-state index in [1.165, 1.54) is 0 Å². The number of hydrogen-bond acceptors (Lipinski definition) is 15. The second kappa shape index (κ2) is 20.5. The predicted molar refractivity (Wildman–Crippen MR) is 171 cm³/mol. The highest BCUT2D eigenvalue weighted by Crippen LogP contribution is 2.11. The van der Waals surface area contributed by atoms with Gasteiger partial charge in [0.15, 0.2) is 12.2 Å². The lowest BCUT2D eigenvalue weighted by Gasteiger charge is -2.33. The van der Waals surface area contributed by atoms with Crippen LogP contribution in [0.1, 0.15) is 25.7 Å². The van der Waals surface area contributed by atoms with E-state index in [0.29, 0.717) is 25.6 Å². The van der Waals surface area contributed by atoms with Crippen LogP contribution in [0.15, 0.2) is 16.9 Å². The van der Waals surface area contributed by atoms with Crippen LogP contribution >= 0.6 is 12.4 Å². The molecule has 0 aromatic rings. The maximum Gasteiger partial charge on any atom is 0.316 e. The van der Waals surface area contributed by atoms with Gasteiger partial charge in [0.1, 0.15) is 29.9 Å². The third-order valence-corrected chi connectivity index (χ3v) is 6.91. The Morgan fingerprint density at radius 2 is 1.61 bits per heavy atom. The molecule has 0 aliphatic carbocycles. The van der Waals surface area contributed by atoms with Crippen molar-refractivity contribution in [2.75, 3.05) is 26.3 Å². The Bertz CT molecular complexity index is 1290. The molecule has 19 N–H and O–H groups in total. The van der Waals surface area contributed by atoms with Gasteiger partial charge in [-0.3, -0.25) is 28.8 Å². The molecular weight excluding hydrogens is 678 g/mol.